The fourth-order valence-electron chi connectivity index (χ4n) is 10.5. The van der Waals surface area contributed by atoms with Crippen molar-refractivity contribution in [1.29, 1.82) is 0 Å². The van der Waals surface area contributed by atoms with Crippen molar-refractivity contribution < 1.29 is 0 Å². The second-order valence-electron chi connectivity index (χ2n) is 17.7. The fraction of sp³-hybridized carbons (Fsp3) is 0. The number of aromatic nitrogens is 2. The lowest BCUT2D eigenvalue weighted by Gasteiger charge is -2.17. The van der Waals surface area contributed by atoms with Gasteiger partial charge in [0.25, 0.3) is 0 Å². The van der Waals surface area contributed by atoms with Crippen LogP contribution in [0, 0.1) is 0 Å². The summed E-state index contributed by atoms with van der Waals surface area (Å²) in [7, 11) is 0. The Morgan fingerprint density at radius 3 is 1.32 bits per heavy atom. The van der Waals surface area contributed by atoms with E-state index in [1.54, 1.807) is 0 Å². The van der Waals surface area contributed by atoms with Crippen molar-refractivity contribution in [3.05, 3.63) is 267 Å². The van der Waals surface area contributed by atoms with Crippen molar-refractivity contribution in [1.82, 2.24) is 9.13 Å². The molecule has 13 aromatic rings. The highest BCUT2D eigenvalue weighted by Gasteiger charge is 2.20. The van der Waals surface area contributed by atoms with Crippen molar-refractivity contribution in [2.45, 2.75) is 0 Å². The van der Waals surface area contributed by atoms with Gasteiger partial charge < -0.3 is 9.13 Å². The third kappa shape index (κ3) is 6.73. The smallest absolute Gasteiger partial charge is 0.0547 e. The van der Waals surface area contributed by atoms with E-state index in [0.717, 1.165) is 11.4 Å². The van der Waals surface area contributed by atoms with Crippen LogP contribution >= 0.6 is 0 Å². The minimum atomic E-state index is 1.14. The number of fused-ring (bicyclic) bond motifs is 6. The van der Waals surface area contributed by atoms with E-state index in [1.165, 1.54) is 110 Å². The van der Waals surface area contributed by atoms with Crippen LogP contribution in [0.25, 0.3) is 122 Å². The predicted molar refractivity (Wildman–Crippen MR) is 288 cm³/mol. The molecule has 13 rings (SSSR count). The Kier molecular flexibility index (Phi) is 9.54. The molecule has 68 heavy (non-hydrogen) atoms. The van der Waals surface area contributed by atoms with E-state index >= 15 is 0 Å². The molecule has 318 valence electrons. The van der Waals surface area contributed by atoms with E-state index in [-0.39, 0.29) is 0 Å². The van der Waals surface area contributed by atoms with Crippen LogP contribution in [0.3, 0.4) is 0 Å². The van der Waals surface area contributed by atoms with Crippen molar-refractivity contribution in [2.24, 2.45) is 0 Å². The average molecular weight is 865 g/mol. The molecule has 0 radical (unpaired) electrons. The average Bonchev–Trinajstić information content (AvgIpc) is 3.94. The van der Waals surface area contributed by atoms with Gasteiger partial charge in [-0.1, -0.05) is 200 Å². The van der Waals surface area contributed by atoms with E-state index in [4.69, 9.17) is 0 Å². The molecular formula is C66H44N2. The van der Waals surface area contributed by atoms with Crippen LogP contribution in [-0.4, -0.2) is 9.13 Å². The molecule has 0 amide bonds. The van der Waals surface area contributed by atoms with Gasteiger partial charge >= 0.3 is 0 Å². The van der Waals surface area contributed by atoms with Crippen molar-refractivity contribution >= 4 is 43.6 Å². The quantitative estimate of drug-likeness (QED) is 0.144. The van der Waals surface area contributed by atoms with Crippen LogP contribution in [-0.2, 0) is 0 Å². The molecule has 0 atom stereocenters. The lowest BCUT2D eigenvalue weighted by molar-refractivity contribution is 1.18. The summed E-state index contributed by atoms with van der Waals surface area (Å²) in [5, 5.41) is 4.93. The monoisotopic (exact) mass is 864 g/mol. The van der Waals surface area contributed by atoms with Gasteiger partial charge in [-0.3, -0.25) is 0 Å². The molecule has 2 aromatic heterocycles. The van der Waals surface area contributed by atoms with Crippen LogP contribution in [0.2, 0.25) is 0 Å². The van der Waals surface area contributed by atoms with Crippen LogP contribution in [0.4, 0.5) is 0 Å². The molecule has 0 aliphatic carbocycles. The maximum atomic E-state index is 2.47. The second-order valence-corrected chi connectivity index (χ2v) is 17.7. The molecule has 11 aromatic carbocycles. The highest BCUT2D eigenvalue weighted by Crippen LogP contribution is 2.43. The van der Waals surface area contributed by atoms with Crippen LogP contribution in [0.15, 0.2) is 267 Å². The fourth-order valence-corrected chi connectivity index (χ4v) is 10.5. The van der Waals surface area contributed by atoms with Crippen molar-refractivity contribution in [2.75, 3.05) is 0 Å². The van der Waals surface area contributed by atoms with Gasteiger partial charge in [0.2, 0.25) is 0 Å². The van der Waals surface area contributed by atoms with Gasteiger partial charge in [-0.05, 0) is 128 Å². The molecular weight excluding hydrogens is 821 g/mol. The normalized spacial score (nSPS) is 11.5. The molecule has 2 nitrogen and oxygen atoms in total. The summed E-state index contributed by atoms with van der Waals surface area (Å²) in [4.78, 5) is 0. The Balaban J connectivity index is 0.989. The molecule has 2 heteroatoms. The van der Waals surface area contributed by atoms with Crippen LogP contribution in [0.1, 0.15) is 0 Å². The number of hydrogen-bond donors (Lipinski definition) is 0. The molecule has 0 N–H and O–H groups in total. The van der Waals surface area contributed by atoms with Gasteiger partial charge in [0.05, 0.1) is 27.8 Å². The molecule has 0 fully saturated rings. The summed E-state index contributed by atoms with van der Waals surface area (Å²) in [6.07, 6.45) is 0. The summed E-state index contributed by atoms with van der Waals surface area (Å²) in [5.74, 6) is 0. The van der Waals surface area contributed by atoms with Crippen LogP contribution in [0.5, 0.6) is 0 Å². The number of nitrogens with zero attached hydrogens (tertiary/aromatic N) is 2. The summed E-state index contributed by atoms with van der Waals surface area (Å²) >= 11 is 0. The lowest BCUT2D eigenvalue weighted by Crippen LogP contribution is -1.98. The zero-order valence-corrected chi connectivity index (χ0v) is 37.3. The zero-order chi connectivity index (χ0) is 45.0. The van der Waals surface area contributed by atoms with E-state index in [2.05, 4.69) is 276 Å². The van der Waals surface area contributed by atoms with Gasteiger partial charge in [0.1, 0.15) is 0 Å². The summed E-state index contributed by atoms with van der Waals surface area (Å²) in [6, 6.07) is 97.5. The molecule has 0 unspecified atom stereocenters. The highest BCUT2D eigenvalue weighted by molar-refractivity contribution is 6.17. The highest BCUT2D eigenvalue weighted by atomic mass is 15.0. The summed E-state index contributed by atoms with van der Waals surface area (Å²) in [5.41, 5.74) is 21.4. The molecule has 0 spiro atoms. The van der Waals surface area contributed by atoms with Gasteiger partial charge in [-0.2, -0.15) is 0 Å². The first-order valence-corrected chi connectivity index (χ1v) is 23.4. The molecule has 0 bridgehead atoms. The van der Waals surface area contributed by atoms with E-state index < -0.39 is 0 Å². The Hall–Kier alpha value is -8.98. The number of rotatable bonds is 8. The van der Waals surface area contributed by atoms with Crippen LogP contribution < -0.4 is 0 Å². The van der Waals surface area contributed by atoms with E-state index in [9.17, 15) is 0 Å². The number of hydrogen-bond acceptors (Lipinski definition) is 0. The first kappa shape index (κ1) is 39.4. The lowest BCUT2D eigenvalue weighted by atomic mass is 9.94. The molecule has 0 aliphatic heterocycles. The van der Waals surface area contributed by atoms with Gasteiger partial charge in [0.15, 0.2) is 0 Å². The molecule has 0 saturated carbocycles. The molecule has 2 heterocycles. The van der Waals surface area contributed by atoms with E-state index in [0.29, 0.717) is 0 Å². The maximum Gasteiger partial charge on any atom is 0.0547 e. The first-order chi connectivity index (χ1) is 33.7. The number of benzene rings is 11. The predicted octanol–water partition coefficient (Wildman–Crippen LogP) is 17.9. The Morgan fingerprint density at radius 1 is 0.206 bits per heavy atom. The molecule has 0 saturated heterocycles. The zero-order valence-electron chi connectivity index (χ0n) is 37.3. The van der Waals surface area contributed by atoms with Crippen molar-refractivity contribution in [3.8, 4) is 78.1 Å². The minimum absolute atomic E-state index is 1.14. The maximum absolute atomic E-state index is 2.47. The Labute approximate surface area is 395 Å². The SMILES string of the molecule is c1ccc(-c2ccc(-n3c4ccc(-c5ccc6c(c5)c5ccccc5n6-c5ccc(-c6ccccc6)cc5-c5cccc(-c6ccccc6)c5)cc4c4c(-c5ccccc5)cccc43)cc2)cc1. The third-order valence-electron chi connectivity index (χ3n) is 13.7. The summed E-state index contributed by atoms with van der Waals surface area (Å²) in [6.45, 7) is 0. The summed E-state index contributed by atoms with van der Waals surface area (Å²) < 4.78 is 4.91. The van der Waals surface area contributed by atoms with E-state index in [1.807, 2.05) is 0 Å². The van der Waals surface area contributed by atoms with Gasteiger partial charge in [0, 0.05) is 32.8 Å². The standard InChI is InChI=1S/C66H44N2/c1-5-17-45(18-6-1)48-31-36-55(37-32-48)67-64-40-35-53(44-60(64)66-56(28-16-30-65(66)67)49-23-11-4-12-24-49)52-34-39-63-59(43-52)57-27-13-14-29-61(57)68(63)62-38-33-51(47-21-9-3-10-22-47)42-58(62)54-26-15-25-50(41-54)46-19-7-2-8-20-46/h1-44H. The first-order valence-electron chi connectivity index (χ1n) is 23.4. The molecule has 0 aliphatic rings. The third-order valence-corrected chi connectivity index (χ3v) is 13.7. The topological polar surface area (TPSA) is 9.86 Å². The minimum Gasteiger partial charge on any atom is -0.309 e. The van der Waals surface area contributed by atoms with Gasteiger partial charge in [-0.15, -0.1) is 0 Å². The second kappa shape index (κ2) is 16.5. The van der Waals surface area contributed by atoms with Crippen molar-refractivity contribution in [3.63, 3.8) is 0 Å². The number of para-hydroxylation sites is 1. The largest absolute Gasteiger partial charge is 0.309 e. The Morgan fingerprint density at radius 2 is 0.647 bits per heavy atom. The van der Waals surface area contributed by atoms with Gasteiger partial charge in [-0.25, -0.2) is 0 Å². The Bertz CT molecular complexity index is 3980.